The van der Waals surface area contributed by atoms with Crippen LogP contribution in [0, 0.1) is 6.92 Å². The van der Waals surface area contributed by atoms with Gasteiger partial charge in [0.2, 0.25) is 12.2 Å². The second kappa shape index (κ2) is 11.4. The fourth-order valence-electron chi connectivity index (χ4n) is 3.29. The van der Waals surface area contributed by atoms with E-state index in [1.165, 1.54) is 19.1 Å². The molecule has 1 heterocycles. The number of rotatable bonds is 8. The molecule has 1 aromatic carbocycles. The van der Waals surface area contributed by atoms with E-state index in [0.717, 1.165) is 26.3 Å². The molecule has 5 atom stereocenters. The minimum Gasteiger partial charge on any atom is -0.456 e. The molecule has 188 valence electrons. The first-order valence-electron chi connectivity index (χ1n) is 10.2. The first-order valence-corrected chi connectivity index (χ1v) is 11.6. The first-order chi connectivity index (χ1) is 15.8. The maximum Gasteiger partial charge on any atom is 0.305 e. The van der Waals surface area contributed by atoms with Crippen molar-refractivity contribution in [3.8, 4) is 0 Å². The lowest BCUT2D eigenvalue weighted by Gasteiger charge is -2.44. The fraction of sp³-hybridized carbons (Fsp3) is 0.524. The lowest BCUT2D eigenvalue weighted by atomic mass is 9.96. The van der Waals surface area contributed by atoms with E-state index in [1.807, 2.05) is 0 Å². The lowest BCUT2D eigenvalue weighted by Crippen LogP contribution is -2.66. The molecule has 13 heteroatoms. The SMILES string of the molecule is CC(=O)N[C@@H]1[C@H](OC(C)=O)O[C@@H](COS(=O)(=O)c2ccc(C)cc2)[C@H](OC(C)=O)[C@H]1OC(C)=O. The summed E-state index contributed by atoms with van der Waals surface area (Å²) in [5.74, 6) is -2.97. The third kappa shape index (κ3) is 7.50. The first kappa shape index (κ1) is 27.2. The zero-order valence-corrected chi connectivity index (χ0v) is 20.1. The summed E-state index contributed by atoms with van der Waals surface area (Å²) in [4.78, 5) is 46.8. The normalized spacial score (nSPS) is 24.6. The van der Waals surface area contributed by atoms with Crippen LogP contribution in [-0.2, 0) is 52.4 Å². The Morgan fingerprint density at radius 3 is 1.91 bits per heavy atom. The third-order valence-electron chi connectivity index (χ3n) is 4.60. The summed E-state index contributed by atoms with van der Waals surface area (Å²) in [6.07, 6.45) is -5.66. The zero-order valence-electron chi connectivity index (χ0n) is 19.3. The van der Waals surface area contributed by atoms with Crippen molar-refractivity contribution < 1.29 is 50.7 Å². The van der Waals surface area contributed by atoms with Crippen molar-refractivity contribution in [1.29, 1.82) is 0 Å². The molecule has 0 spiro atoms. The minimum atomic E-state index is -4.25. The van der Waals surface area contributed by atoms with Crippen LogP contribution in [0.25, 0.3) is 0 Å². The number of aryl methyl sites for hydroxylation is 1. The van der Waals surface area contributed by atoms with E-state index >= 15 is 0 Å². The Balaban J connectivity index is 2.40. The summed E-state index contributed by atoms with van der Waals surface area (Å²) in [6, 6.07) is 4.61. The van der Waals surface area contributed by atoms with Crippen LogP contribution < -0.4 is 5.32 Å². The molecule has 1 N–H and O–H groups in total. The van der Waals surface area contributed by atoms with Crippen LogP contribution in [0.3, 0.4) is 0 Å². The predicted octanol–water partition coefficient (Wildman–Crippen LogP) is 0.356. The molecular formula is C21H27NO11S. The van der Waals surface area contributed by atoms with Gasteiger partial charge in [-0.05, 0) is 19.1 Å². The molecule has 0 unspecified atom stereocenters. The number of hydrogen-bond donors (Lipinski definition) is 1. The van der Waals surface area contributed by atoms with Gasteiger partial charge in [0.05, 0.1) is 11.5 Å². The topological polar surface area (TPSA) is 161 Å². The van der Waals surface area contributed by atoms with Gasteiger partial charge in [0.1, 0.15) is 12.1 Å². The van der Waals surface area contributed by atoms with Gasteiger partial charge in [-0.2, -0.15) is 8.42 Å². The van der Waals surface area contributed by atoms with Crippen LogP contribution in [0.1, 0.15) is 33.3 Å². The van der Waals surface area contributed by atoms with Crippen molar-refractivity contribution in [3.05, 3.63) is 29.8 Å². The molecule has 0 aliphatic carbocycles. The molecular weight excluding hydrogens is 474 g/mol. The second-order valence-electron chi connectivity index (χ2n) is 7.58. The number of ether oxygens (including phenoxy) is 4. The maximum atomic E-state index is 12.6. The van der Waals surface area contributed by atoms with E-state index in [2.05, 4.69) is 5.32 Å². The number of benzene rings is 1. The zero-order chi connectivity index (χ0) is 25.6. The van der Waals surface area contributed by atoms with Gasteiger partial charge in [-0.3, -0.25) is 23.4 Å². The summed E-state index contributed by atoms with van der Waals surface area (Å²) in [6.45, 7) is 5.51. The minimum absolute atomic E-state index is 0.123. The highest BCUT2D eigenvalue weighted by Crippen LogP contribution is 2.28. The van der Waals surface area contributed by atoms with Crippen molar-refractivity contribution in [2.45, 2.75) is 70.2 Å². The van der Waals surface area contributed by atoms with Crippen LogP contribution in [0.4, 0.5) is 0 Å². The third-order valence-corrected chi connectivity index (χ3v) is 5.90. The van der Waals surface area contributed by atoms with E-state index in [9.17, 15) is 27.6 Å². The number of esters is 3. The number of carbonyl (C=O) groups excluding carboxylic acids is 4. The van der Waals surface area contributed by atoms with E-state index in [4.69, 9.17) is 23.1 Å². The van der Waals surface area contributed by atoms with Gasteiger partial charge in [-0.1, -0.05) is 17.7 Å². The molecule has 12 nitrogen and oxygen atoms in total. The highest BCUT2D eigenvalue weighted by molar-refractivity contribution is 7.86. The number of carbonyl (C=O) groups is 4. The van der Waals surface area contributed by atoms with Crippen molar-refractivity contribution in [2.75, 3.05) is 6.61 Å². The second-order valence-corrected chi connectivity index (χ2v) is 9.19. The molecule has 0 aromatic heterocycles. The molecule has 34 heavy (non-hydrogen) atoms. The molecule has 0 saturated carbocycles. The Labute approximate surface area is 196 Å². The summed E-state index contributed by atoms with van der Waals surface area (Å²) in [5.41, 5.74) is 0.835. The van der Waals surface area contributed by atoms with E-state index in [0.29, 0.717) is 0 Å². The van der Waals surface area contributed by atoms with Gasteiger partial charge in [0.15, 0.2) is 12.2 Å². The fourth-order valence-corrected chi connectivity index (χ4v) is 4.20. The molecule has 1 amide bonds. The molecule has 1 aromatic rings. The predicted molar refractivity (Wildman–Crippen MR) is 113 cm³/mol. The summed E-state index contributed by atoms with van der Waals surface area (Å²) in [7, 11) is -4.25. The molecule has 0 bridgehead atoms. The van der Waals surface area contributed by atoms with E-state index < -0.39 is 71.2 Å². The van der Waals surface area contributed by atoms with Crippen molar-refractivity contribution in [3.63, 3.8) is 0 Å². The Hall–Kier alpha value is -3.03. The van der Waals surface area contributed by atoms with Crippen LogP contribution in [0.2, 0.25) is 0 Å². The number of hydrogen-bond acceptors (Lipinski definition) is 11. The van der Waals surface area contributed by atoms with Gasteiger partial charge in [-0.15, -0.1) is 0 Å². The van der Waals surface area contributed by atoms with Crippen molar-refractivity contribution in [2.24, 2.45) is 0 Å². The summed E-state index contributed by atoms with van der Waals surface area (Å²) in [5, 5.41) is 2.45. The number of nitrogens with one attached hydrogen (secondary N) is 1. The van der Waals surface area contributed by atoms with Gasteiger partial charge >= 0.3 is 17.9 Å². The largest absolute Gasteiger partial charge is 0.456 e. The Morgan fingerprint density at radius 1 is 0.882 bits per heavy atom. The lowest BCUT2D eigenvalue weighted by molar-refractivity contribution is -0.268. The summed E-state index contributed by atoms with van der Waals surface area (Å²) >= 11 is 0. The van der Waals surface area contributed by atoms with Crippen LogP contribution >= 0.6 is 0 Å². The van der Waals surface area contributed by atoms with E-state index in [1.54, 1.807) is 19.1 Å². The Morgan fingerprint density at radius 2 is 1.41 bits per heavy atom. The van der Waals surface area contributed by atoms with Crippen LogP contribution in [0.5, 0.6) is 0 Å². The van der Waals surface area contributed by atoms with Gasteiger partial charge in [0, 0.05) is 27.7 Å². The molecule has 1 saturated heterocycles. The monoisotopic (exact) mass is 501 g/mol. The Bertz CT molecular complexity index is 1020. The molecule has 1 aliphatic heterocycles. The molecule has 1 fully saturated rings. The molecule has 1 aliphatic rings. The average molecular weight is 502 g/mol. The van der Waals surface area contributed by atoms with Crippen LogP contribution in [0.15, 0.2) is 29.2 Å². The van der Waals surface area contributed by atoms with Gasteiger partial charge in [0.25, 0.3) is 10.1 Å². The van der Waals surface area contributed by atoms with Gasteiger partial charge < -0.3 is 24.3 Å². The van der Waals surface area contributed by atoms with Crippen LogP contribution in [-0.4, -0.2) is 69.5 Å². The standard InChI is InChI=1S/C21H27NO11S/c1-11-6-8-16(9-7-11)34(27,28)29-10-17-19(30-13(3)24)20(31-14(4)25)18(22-12(2)23)21(33-17)32-15(5)26/h6-9,17-21H,10H2,1-5H3,(H,22,23)/t17-,18-,19-,20-,21+/m0/s1. The van der Waals surface area contributed by atoms with E-state index in [-0.39, 0.29) is 4.90 Å². The Kier molecular flexibility index (Phi) is 9.13. The maximum absolute atomic E-state index is 12.6. The highest BCUT2D eigenvalue weighted by Gasteiger charge is 2.52. The highest BCUT2D eigenvalue weighted by atomic mass is 32.2. The van der Waals surface area contributed by atoms with Crippen molar-refractivity contribution in [1.82, 2.24) is 5.32 Å². The average Bonchev–Trinajstić information content (AvgIpc) is 2.70. The molecule has 0 radical (unpaired) electrons. The molecule has 2 rings (SSSR count). The van der Waals surface area contributed by atoms with Gasteiger partial charge in [-0.25, -0.2) is 0 Å². The quantitative estimate of drug-likeness (QED) is 0.297. The smallest absolute Gasteiger partial charge is 0.305 e. The van der Waals surface area contributed by atoms with Crippen molar-refractivity contribution >= 4 is 33.9 Å². The summed E-state index contributed by atoms with van der Waals surface area (Å²) < 4.78 is 51.7. The number of amides is 1.